The van der Waals surface area contributed by atoms with Gasteiger partial charge in [0.15, 0.2) is 0 Å². The lowest BCUT2D eigenvalue weighted by Crippen LogP contribution is -2.18. The summed E-state index contributed by atoms with van der Waals surface area (Å²) in [6.07, 6.45) is 0. The van der Waals surface area contributed by atoms with E-state index in [9.17, 15) is 8.78 Å². The largest absolute Gasteiger partial charge is 0.312 e. The van der Waals surface area contributed by atoms with Crippen LogP contribution in [0.5, 0.6) is 0 Å². The number of nitrogens with zero attached hydrogens (tertiary/aromatic N) is 1. The quantitative estimate of drug-likeness (QED) is 0.899. The van der Waals surface area contributed by atoms with E-state index in [1.807, 2.05) is 6.92 Å². The second-order valence-corrected chi connectivity index (χ2v) is 7.00. The molecule has 1 aromatic carbocycles. The maximum Gasteiger partial charge on any atom is 0.136 e. The topological polar surface area (TPSA) is 24.9 Å². The molecule has 1 N–H and O–H groups in total. The highest BCUT2D eigenvalue weighted by atomic mass is 32.1. The van der Waals surface area contributed by atoms with Crippen molar-refractivity contribution in [2.75, 3.05) is 6.54 Å². The van der Waals surface area contributed by atoms with E-state index in [0.29, 0.717) is 11.6 Å². The fraction of sp³-hybridized carbons (Fsp3) is 0.438. The molecule has 0 unspecified atom stereocenters. The van der Waals surface area contributed by atoms with Crippen LogP contribution >= 0.6 is 11.3 Å². The van der Waals surface area contributed by atoms with Crippen molar-refractivity contribution in [3.05, 3.63) is 40.4 Å². The fourth-order valence-corrected chi connectivity index (χ4v) is 3.40. The molecule has 114 valence electrons. The maximum absolute atomic E-state index is 13.9. The van der Waals surface area contributed by atoms with Gasteiger partial charge in [0.2, 0.25) is 0 Å². The van der Waals surface area contributed by atoms with E-state index in [1.54, 1.807) is 0 Å². The number of hydrogen-bond donors (Lipinski definition) is 1. The molecule has 0 saturated carbocycles. The van der Waals surface area contributed by atoms with Crippen molar-refractivity contribution in [2.45, 2.75) is 39.7 Å². The molecule has 0 fully saturated rings. The average Bonchev–Trinajstić information content (AvgIpc) is 2.80. The number of benzene rings is 1. The second-order valence-electron chi connectivity index (χ2n) is 5.92. The van der Waals surface area contributed by atoms with Gasteiger partial charge < -0.3 is 5.32 Å². The van der Waals surface area contributed by atoms with E-state index in [-0.39, 0.29) is 11.0 Å². The highest BCUT2D eigenvalue weighted by Gasteiger charge is 2.25. The summed E-state index contributed by atoms with van der Waals surface area (Å²) in [5.74, 6) is -1.14. The number of rotatable bonds is 4. The van der Waals surface area contributed by atoms with Crippen LogP contribution in [0, 0.1) is 11.6 Å². The predicted octanol–water partition coefficient (Wildman–Crippen LogP) is 4.50. The molecule has 0 bridgehead atoms. The first kappa shape index (κ1) is 16.0. The third-order valence-corrected chi connectivity index (χ3v) is 4.19. The molecular formula is C16H20F2N2S. The van der Waals surface area contributed by atoms with Gasteiger partial charge >= 0.3 is 0 Å². The third-order valence-electron chi connectivity index (χ3n) is 3.12. The molecule has 0 spiro atoms. The van der Waals surface area contributed by atoms with Gasteiger partial charge in [0.05, 0.1) is 11.3 Å². The van der Waals surface area contributed by atoms with Crippen molar-refractivity contribution in [3.8, 4) is 10.6 Å². The van der Waals surface area contributed by atoms with Crippen LogP contribution in [0.15, 0.2) is 18.2 Å². The second kappa shape index (κ2) is 6.20. The molecule has 0 amide bonds. The van der Waals surface area contributed by atoms with Crippen LogP contribution in [0.25, 0.3) is 10.6 Å². The van der Waals surface area contributed by atoms with Gasteiger partial charge in [0, 0.05) is 16.8 Å². The Morgan fingerprint density at radius 3 is 2.33 bits per heavy atom. The van der Waals surface area contributed by atoms with Gasteiger partial charge in [-0.1, -0.05) is 33.8 Å². The summed E-state index contributed by atoms with van der Waals surface area (Å²) < 4.78 is 27.9. The van der Waals surface area contributed by atoms with Crippen molar-refractivity contribution in [1.29, 1.82) is 0 Å². The molecule has 0 saturated heterocycles. The molecule has 0 aliphatic heterocycles. The lowest BCUT2D eigenvalue weighted by Gasteiger charge is -2.17. The molecule has 2 aromatic rings. The Balaban J connectivity index is 2.53. The zero-order valence-electron chi connectivity index (χ0n) is 12.8. The van der Waals surface area contributed by atoms with Crippen LogP contribution in [0.2, 0.25) is 0 Å². The highest BCUT2D eigenvalue weighted by Crippen LogP contribution is 2.36. The summed E-state index contributed by atoms with van der Waals surface area (Å²) in [5, 5.41) is 3.66. The molecule has 1 aromatic heterocycles. The molecule has 0 atom stereocenters. The van der Waals surface area contributed by atoms with E-state index < -0.39 is 11.6 Å². The van der Waals surface area contributed by atoms with Crippen molar-refractivity contribution >= 4 is 11.3 Å². The summed E-state index contributed by atoms with van der Waals surface area (Å²) in [5.41, 5.74) is 0.697. The van der Waals surface area contributed by atoms with Crippen molar-refractivity contribution in [2.24, 2.45) is 0 Å². The monoisotopic (exact) mass is 310 g/mol. The van der Waals surface area contributed by atoms with E-state index in [1.165, 1.54) is 29.5 Å². The fourth-order valence-electron chi connectivity index (χ4n) is 2.11. The van der Waals surface area contributed by atoms with Gasteiger partial charge in [-0.15, -0.1) is 11.3 Å². The van der Waals surface area contributed by atoms with Crippen LogP contribution in [0.4, 0.5) is 8.78 Å². The number of aromatic nitrogens is 1. The van der Waals surface area contributed by atoms with Gasteiger partial charge in [0.1, 0.15) is 16.6 Å². The third kappa shape index (κ3) is 3.47. The van der Waals surface area contributed by atoms with Crippen molar-refractivity contribution < 1.29 is 8.78 Å². The van der Waals surface area contributed by atoms with Gasteiger partial charge in [-0.3, -0.25) is 0 Å². The highest BCUT2D eigenvalue weighted by molar-refractivity contribution is 7.15. The molecule has 1 heterocycles. The standard InChI is InChI=1S/C16H20F2N2S/c1-5-19-9-12-14(16(2,3)4)20-15(21-12)13-10(17)7-6-8-11(13)18/h6-8,19H,5,9H2,1-4H3. The Morgan fingerprint density at radius 2 is 1.81 bits per heavy atom. The molecular weight excluding hydrogens is 290 g/mol. The van der Waals surface area contributed by atoms with Gasteiger partial charge in [-0.2, -0.15) is 0 Å². The van der Waals surface area contributed by atoms with E-state index in [0.717, 1.165) is 17.1 Å². The maximum atomic E-state index is 13.9. The molecule has 0 aliphatic rings. The zero-order chi connectivity index (χ0) is 15.6. The normalized spacial score (nSPS) is 11.9. The lowest BCUT2D eigenvalue weighted by molar-refractivity contribution is 0.560. The smallest absolute Gasteiger partial charge is 0.136 e. The summed E-state index contributed by atoms with van der Waals surface area (Å²) in [6.45, 7) is 9.69. The molecule has 21 heavy (non-hydrogen) atoms. The Kier molecular flexibility index (Phi) is 4.74. The van der Waals surface area contributed by atoms with Crippen molar-refractivity contribution in [1.82, 2.24) is 10.3 Å². The van der Waals surface area contributed by atoms with Gasteiger partial charge in [-0.25, -0.2) is 13.8 Å². The summed E-state index contributed by atoms with van der Waals surface area (Å²) in [4.78, 5) is 5.55. The summed E-state index contributed by atoms with van der Waals surface area (Å²) >= 11 is 1.35. The Hall–Kier alpha value is -1.33. The number of halogens is 2. The number of hydrogen-bond acceptors (Lipinski definition) is 3. The Bertz CT molecular complexity index is 609. The Morgan fingerprint density at radius 1 is 1.19 bits per heavy atom. The SMILES string of the molecule is CCNCc1sc(-c2c(F)cccc2F)nc1C(C)(C)C. The van der Waals surface area contributed by atoms with Crippen molar-refractivity contribution in [3.63, 3.8) is 0 Å². The minimum absolute atomic E-state index is 0.0317. The predicted molar refractivity (Wildman–Crippen MR) is 83.5 cm³/mol. The number of nitrogens with one attached hydrogen (secondary N) is 1. The first-order valence-electron chi connectivity index (χ1n) is 7.00. The zero-order valence-corrected chi connectivity index (χ0v) is 13.6. The Labute approximate surface area is 128 Å². The minimum atomic E-state index is -0.570. The first-order valence-corrected chi connectivity index (χ1v) is 7.81. The van der Waals surface area contributed by atoms with Gasteiger partial charge in [0.25, 0.3) is 0 Å². The molecule has 5 heteroatoms. The molecule has 2 nitrogen and oxygen atoms in total. The van der Waals surface area contributed by atoms with Crippen LogP contribution < -0.4 is 5.32 Å². The number of thiazole rings is 1. The van der Waals surface area contributed by atoms with Gasteiger partial charge in [-0.05, 0) is 18.7 Å². The van der Waals surface area contributed by atoms with E-state index >= 15 is 0 Å². The summed E-state index contributed by atoms with van der Waals surface area (Å²) in [6, 6.07) is 3.90. The van der Waals surface area contributed by atoms with Crippen LogP contribution in [0.3, 0.4) is 0 Å². The lowest BCUT2D eigenvalue weighted by atomic mass is 9.91. The van der Waals surface area contributed by atoms with Crippen LogP contribution in [0.1, 0.15) is 38.3 Å². The minimum Gasteiger partial charge on any atom is -0.312 e. The van der Waals surface area contributed by atoms with Crippen LogP contribution in [-0.4, -0.2) is 11.5 Å². The van der Waals surface area contributed by atoms with Crippen LogP contribution in [-0.2, 0) is 12.0 Å². The summed E-state index contributed by atoms with van der Waals surface area (Å²) in [7, 11) is 0. The first-order chi connectivity index (χ1) is 9.84. The molecule has 2 rings (SSSR count). The molecule has 0 aliphatic carbocycles. The average molecular weight is 310 g/mol. The van der Waals surface area contributed by atoms with E-state index in [2.05, 4.69) is 31.1 Å². The van der Waals surface area contributed by atoms with E-state index in [4.69, 9.17) is 0 Å². The molecule has 0 radical (unpaired) electrons.